The number of rotatable bonds is 4. The van der Waals surface area contributed by atoms with Crippen LogP contribution in [0.25, 0.3) is 0 Å². The fourth-order valence-corrected chi connectivity index (χ4v) is 3.86. The van der Waals surface area contributed by atoms with Crippen LogP contribution in [0.2, 0.25) is 4.34 Å². The summed E-state index contributed by atoms with van der Waals surface area (Å²) < 4.78 is 6.15. The van der Waals surface area contributed by atoms with E-state index in [1.807, 2.05) is 26.8 Å². The molecule has 0 aromatic carbocycles. The minimum Gasteiger partial charge on any atom is -0.444 e. The van der Waals surface area contributed by atoms with Gasteiger partial charge in [-0.2, -0.15) is 0 Å². The van der Waals surface area contributed by atoms with Gasteiger partial charge in [-0.15, -0.1) is 11.3 Å². The lowest BCUT2D eigenvalue weighted by Gasteiger charge is -2.32. The van der Waals surface area contributed by atoms with Gasteiger partial charge in [-0.25, -0.2) is 4.79 Å². The van der Waals surface area contributed by atoms with Crippen molar-refractivity contribution in [3.63, 3.8) is 0 Å². The van der Waals surface area contributed by atoms with Crippen molar-refractivity contribution in [2.45, 2.75) is 77.1 Å². The molecule has 0 spiro atoms. The molecule has 4 nitrogen and oxygen atoms in total. The Balaban J connectivity index is 1.72. The lowest BCUT2D eigenvalue weighted by Crippen LogP contribution is -2.44. The number of hydrogen-bond acceptors (Lipinski definition) is 4. The van der Waals surface area contributed by atoms with E-state index in [-0.39, 0.29) is 12.1 Å². The Morgan fingerprint density at radius 1 is 1.30 bits per heavy atom. The van der Waals surface area contributed by atoms with E-state index in [1.54, 1.807) is 11.3 Å². The predicted molar refractivity (Wildman–Crippen MR) is 96.3 cm³/mol. The van der Waals surface area contributed by atoms with Crippen molar-refractivity contribution in [1.29, 1.82) is 0 Å². The number of carbonyl (C=O) groups excluding carboxylic acids is 1. The number of thiophene rings is 1. The standard InChI is InChI=1S/C17H27ClN2O2S/c1-11(12-9-15(18)23-10-12)19-13-5-7-14(8-6-13)20-16(21)22-17(2,3)4/h9-11,13-14,19H,5-8H2,1-4H3,(H,20,21). The summed E-state index contributed by atoms with van der Waals surface area (Å²) in [7, 11) is 0. The third kappa shape index (κ3) is 6.32. The molecule has 0 radical (unpaired) electrons. The van der Waals surface area contributed by atoms with Crippen molar-refractivity contribution >= 4 is 29.0 Å². The Bertz CT molecular complexity index is 519. The number of halogens is 1. The average Bonchev–Trinajstić information content (AvgIpc) is 2.85. The van der Waals surface area contributed by atoms with E-state index >= 15 is 0 Å². The first-order valence-electron chi connectivity index (χ1n) is 8.22. The fourth-order valence-electron chi connectivity index (χ4n) is 2.88. The molecule has 23 heavy (non-hydrogen) atoms. The van der Waals surface area contributed by atoms with Gasteiger partial charge in [0, 0.05) is 18.1 Å². The second-order valence-corrected chi connectivity index (χ2v) is 8.81. The van der Waals surface area contributed by atoms with E-state index < -0.39 is 5.60 Å². The van der Waals surface area contributed by atoms with Crippen molar-refractivity contribution in [3.8, 4) is 0 Å². The molecule has 1 fully saturated rings. The molecule has 2 rings (SSSR count). The van der Waals surface area contributed by atoms with E-state index in [4.69, 9.17) is 16.3 Å². The Morgan fingerprint density at radius 2 is 1.91 bits per heavy atom. The number of alkyl carbamates (subject to hydrolysis) is 1. The number of ether oxygens (including phenoxy) is 1. The summed E-state index contributed by atoms with van der Waals surface area (Å²) in [6, 6.07) is 3.04. The highest BCUT2D eigenvalue weighted by Gasteiger charge is 2.25. The normalized spacial score (nSPS) is 23.3. The van der Waals surface area contributed by atoms with Gasteiger partial charge in [-0.1, -0.05) is 11.6 Å². The van der Waals surface area contributed by atoms with Gasteiger partial charge >= 0.3 is 6.09 Å². The minimum absolute atomic E-state index is 0.216. The maximum absolute atomic E-state index is 11.8. The Hall–Kier alpha value is -0.780. The molecule has 0 saturated heterocycles. The van der Waals surface area contributed by atoms with Crippen LogP contribution in [0.5, 0.6) is 0 Å². The summed E-state index contributed by atoms with van der Waals surface area (Å²) in [5.74, 6) is 0. The molecule has 1 saturated carbocycles. The highest BCUT2D eigenvalue weighted by Crippen LogP contribution is 2.27. The van der Waals surface area contributed by atoms with Crippen LogP contribution in [0.15, 0.2) is 11.4 Å². The molecule has 1 unspecified atom stereocenters. The molecule has 130 valence electrons. The zero-order valence-corrected chi connectivity index (χ0v) is 15.9. The van der Waals surface area contributed by atoms with Crippen LogP contribution < -0.4 is 10.6 Å². The molecule has 1 aromatic rings. The highest BCUT2D eigenvalue weighted by atomic mass is 35.5. The maximum atomic E-state index is 11.8. The molecule has 2 N–H and O–H groups in total. The smallest absolute Gasteiger partial charge is 0.407 e. The molecule has 6 heteroatoms. The maximum Gasteiger partial charge on any atom is 0.407 e. The van der Waals surface area contributed by atoms with Gasteiger partial charge in [-0.05, 0) is 70.4 Å². The van der Waals surface area contributed by atoms with Crippen LogP contribution in [0, 0.1) is 0 Å². The summed E-state index contributed by atoms with van der Waals surface area (Å²) in [5.41, 5.74) is 0.800. The number of nitrogens with one attached hydrogen (secondary N) is 2. The lowest BCUT2D eigenvalue weighted by molar-refractivity contribution is 0.0489. The van der Waals surface area contributed by atoms with Gasteiger partial charge in [0.05, 0.1) is 4.34 Å². The van der Waals surface area contributed by atoms with Crippen LogP contribution in [0.4, 0.5) is 4.79 Å². The first kappa shape index (κ1) is 18.6. The largest absolute Gasteiger partial charge is 0.444 e. The number of amides is 1. The van der Waals surface area contributed by atoms with Gasteiger partial charge < -0.3 is 15.4 Å². The van der Waals surface area contributed by atoms with E-state index in [2.05, 4.69) is 22.9 Å². The average molecular weight is 359 g/mol. The summed E-state index contributed by atoms with van der Waals surface area (Å²) in [5, 5.41) is 8.75. The molecule has 1 aromatic heterocycles. The van der Waals surface area contributed by atoms with Crippen molar-refractivity contribution in [1.82, 2.24) is 10.6 Å². The van der Waals surface area contributed by atoms with Gasteiger partial charge in [-0.3, -0.25) is 0 Å². The van der Waals surface area contributed by atoms with E-state index in [0.29, 0.717) is 12.1 Å². The second-order valence-electron chi connectivity index (χ2n) is 7.27. The van der Waals surface area contributed by atoms with Crippen molar-refractivity contribution in [3.05, 3.63) is 21.3 Å². The fraction of sp³-hybridized carbons (Fsp3) is 0.706. The Labute approximate surface area is 147 Å². The van der Waals surface area contributed by atoms with Crippen LogP contribution in [-0.2, 0) is 4.74 Å². The van der Waals surface area contributed by atoms with Gasteiger partial charge in [0.2, 0.25) is 0 Å². The third-order valence-electron chi connectivity index (χ3n) is 4.02. The summed E-state index contributed by atoms with van der Waals surface area (Å²) in [6.45, 7) is 7.81. The summed E-state index contributed by atoms with van der Waals surface area (Å²) >= 11 is 7.57. The van der Waals surface area contributed by atoms with Gasteiger partial charge in [0.1, 0.15) is 5.60 Å². The molecular weight excluding hydrogens is 332 g/mol. The van der Waals surface area contributed by atoms with Crippen LogP contribution in [-0.4, -0.2) is 23.8 Å². The van der Waals surface area contributed by atoms with E-state index in [0.717, 1.165) is 30.0 Å². The number of carbonyl (C=O) groups is 1. The topological polar surface area (TPSA) is 50.4 Å². The zero-order valence-electron chi connectivity index (χ0n) is 14.3. The zero-order chi connectivity index (χ0) is 17.0. The molecule has 1 atom stereocenters. The number of hydrogen-bond donors (Lipinski definition) is 2. The molecular formula is C17H27ClN2O2S. The molecule has 1 heterocycles. The van der Waals surface area contributed by atoms with Crippen LogP contribution in [0.3, 0.4) is 0 Å². The van der Waals surface area contributed by atoms with Crippen molar-refractivity contribution < 1.29 is 9.53 Å². The SMILES string of the molecule is CC(NC1CCC(NC(=O)OC(C)(C)C)CC1)c1csc(Cl)c1. The summed E-state index contributed by atoms with van der Waals surface area (Å²) in [6.07, 6.45) is 3.77. The van der Waals surface area contributed by atoms with Crippen LogP contribution >= 0.6 is 22.9 Å². The lowest BCUT2D eigenvalue weighted by atomic mass is 9.90. The minimum atomic E-state index is -0.444. The van der Waals surface area contributed by atoms with Crippen LogP contribution in [0.1, 0.15) is 65.0 Å². The predicted octanol–water partition coefficient (Wildman–Crippen LogP) is 4.89. The van der Waals surface area contributed by atoms with Crippen molar-refractivity contribution in [2.24, 2.45) is 0 Å². The quantitative estimate of drug-likeness (QED) is 0.805. The Kier molecular flexibility index (Phi) is 6.34. The summed E-state index contributed by atoms with van der Waals surface area (Å²) in [4.78, 5) is 11.8. The third-order valence-corrected chi connectivity index (χ3v) is 5.13. The Morgan fingerprint density at radius 3 is 2.43 bits per heavy atom. The molecule has 1 aliphatic rings. The first-order chi connectivity index (χ1) is 10.7. The highest BCUT2D eigenvalue weighted by molar-refractivity contribution is 7.14. The van der Waals surface area contributed by atoms with E-state index in [9.17, 15) is 4.79 Å². The van der Waals surface area contributed by atoms with Gasteiger partial charge in [0.25, 0.3) is 0 Å². The molecule has 0 bridgehead atoms. The first-order valence-corrected chi connectivity index (χ1v) is 9.48. The van der Waals surface area contributed by atoms with Gasteiger partial charge in [0.15, 0.2) is 0 Å². The molecule has 0 aliphatic heterocycles. The van der Waals surface area contributed by atoms with Crippen molar-refractivity contribution in [2.75, 3.05) is 0 Å². The monoisotopic (exact) mass is 358 g/mol. The second kappa shape index (κ2) is 7.86. The molecule has 1 amide bonds. The molecule has 1 aliphatic carbocycles. The van der Waals surface area contributed by atoms with E-state index in [1.165, 1.54) is 5.56 Å².